The molecule has 2 fully saturated rings. The standard InChI is InChI=1S/C26H29ClN4O5/c1-29-11-12-30-19-6-4-5-18(27)17(19)14-26(22(30)15-29)23(32)28-25(34)31(24(26)33)10-9-16-7-8-20(35-2)21(13-16)36-3/h4-8,13,22H,9-12,14-15H2,1-3H3,(H,28,32,34). The average molecular weight is 513 g/mol. The first-order valence-corrected chi connectivity index (χ1v) is 12.3. The highest BCUT2D eigenvalue weighted by molar-refractivity contribution is 6.32. The van der Waals surface area contributed by atoms with Gasteiger partial charge in [-0.3, -0.25) is 19.8 Å². The summed E-state index contributed by atoms with van der Waals surface area (Å²) in [5.41, 5.74) is 1.12. The predicted octanol–water partition coefficient (Wildman–Crippen LogP) is 2.34. The minimum atomic E-state index is -1.46. The van der Waals surface area contributed by atoms with Gasteiger partial charge in [0.15, 0.2) is 16.9 Å². The van der Waals surface area contributed by atoms with Gasteiger partial charge in [0.1, 0.15) is 0 Å². The van der Waals surface area contributed by atoms with Crippen LogP contribution in [-0.2, 0) is 22.4 Å². The fourth-order valence-electron chi connectivity index (χ4n) is 5.65. The van der Waals surface area contributed by atoms with Crippen molar-refractivity contribution in [1.82, 2.24) is 15.1 Å². The monoisotopic (exact) mass is 512 g/mol. The van der Waals surface area contributed by atoms with E-state index < -0.39 is 29.3 Å². The van der Waals surface area contributed by atoms with E-state index in [4.69, 9.17) is 21.1 Å². The molecule has 10 heteroatoms. The second-order valence-corrected chi connectivity index (χ2v) is 9.92. The molecule has 1 spiro atoms. The van der Waals surface area contributed by atoms with Crippen molar-refractivity contribution in [3.8, 4) is 11.5 Å². The summed E-state index contributed by atoms with van der Waals surface area (Å²) < 4.78 is 10.7. The number of imide groups is 2. The largest absolute Gasteiger partial charge is 0.493 e. The first-order valence-electron chi connectivity index (χ1n) is 11.9. The Bertz CT molecular complexity index is 1240. The van der Waals surface area contributed by atoms with Gasteiger partial charge in [0, 0.05) is 43.3 Å². The lowest BCUT2D eigenvalue weighted by molar-refractivity contribution is -0.154. The predicted molar refractivity (Wildman–Crippen MR) is 135 cm³/mol. The van der Waals surface area contributed by atoms with E-state index in [1.54, 1.807) is 26.4 Å². The molecule has 5 rings (SSSR count). The van der Waals surface area contributed by atoms with E-state index in [9.17, 15) is 14.4 Å². The molecule has 9 nitrogen and oxygen atoms in total. The molecule has 0 aliphatic carbocycles. The zero-order valence-electron chi connectivity index (χ0n) is 20.5. The summed E-state index contributed by atoms with van der Waals surface area (Å²) in [7, 11) is 5.09. The summed E-state index contributed by atoms with van der Waals surface area (Å²) in [6.45, 7) is 2.07. The molecule has 2 saturated heterocycles. The van der Waals surface area contributed by atoms with Crippen LogP contribution in [0.25, 0.3) is 0 Å². The van der Waals surface area contributed by atoms with Crippen LogP contribution < -0.4 is 19.7 Å². The molecule has 2 aromatic rings. The highest BCUT2D eigenvalue weighted by atomic mass is 35.5. The number of ether oxygens (including phenoxy) is 2. The van der Waals surface area contributed by atoms with Gasteiger partial charge in [-0.05, 0) is 48.9 Å². The maximum absolute atomic E-state index is 14.2. The number of piperazine rings is 1. The highest BCUT2D eigenvalue weighted by Gasteiger charge is 2.62. The van der Waals surface area contributed by atoms with Gasteiger partial charge in [0.2, 0.25) is 11.8 Å². The molecule has 4 amide bonds. The van der Waals surface area contributed by atoms with Crippen LogP contribution in [0.15, 0.2) is 36.4 Å². The van der Waals surface area contributed by atoms with Crippen LogP contribution in [-0.4, -0.2) is 81.1 Å². The number of anilines is 1. The van der Waals surface area contributed by atoms with E-state index in [-0.39, 0.29) is 13.0 Å². The molecular weight excluding hydrogens is 484 g/mol. The molecule has 0 radical (unpaired) electrons. The van der Waals surface area contributed by atoms with Crippen molar-refractivity contribution < 1.29 is 23.9 Å². The molecule has 3 heterocycles. The van der Waals surface area contributed by atoms with E-state index in [1.807, 2.05) is 31.3 Å². The summed E-state index contributed by atoms with van der Waals surface area (Å²) in [5, 5.41) is 3.00. The van der Waals surface area contributed by atoms with E-state index in [0.717, 1.165) is 23.4 Å². The number of amides is 4. The molecule has 1 N–H and O–H groups in total. The molecule has 0 saturated carbocycles. The first kappa shape index (κ1) is 24.4. The van der Waals surface area contributed by atoms with Crippen LogP contribution in [0.2, 0.25) is 5.02 Å². The number of methoxy groups -OCH3 is 2. The third kappa shape index (κ3) is 3.77. The minimum Gasteiger partial charge on any atom is -0.493 e. The molecule has 190 valence electrons. The number of benzene rings is 2. The molecule has 0 bridgehead atoms. The third-order valence-corrected chi connectivity index (χ3v) is 7.94. The van der Waals surface area contributed by atoms with E-state index in [2.05, 4.69) is 15.1 Å². The number of carbonyl (C=O) groups is 3. The summed E-state index contributed by atoms with van der Waals surface area (Å²) in [6, 6.07) is 9.99. The number of nitrogens with zero attached hydrogens (tertiary/aromatic N) is 3. The van der Waals surface area contributed by atoms with Crippen molar-refractivity contribution in [2.45, 2.75) is 18.9 Å². The lowest BCUT2D eigenvalue weighted by Crippen LogP contribution is -2.75. The number of barbiturate groups is 1. The quantitative estimate of drug-likeness (QED) is 0.615. The normalized spacial score (nSPS) is 23.9. The fraction of sp³-hybridized carbons (Fsp3) is 0.423. The van der Waals surface area contributed by atoms with Crippen LogP contribution in [0.1, 0.15) is 11.1 Å². The Hall–Kier alpha value is -3.30. The Balaban J connectivity index is 1.50. The van der Waals surface area contributed by atoms with Crippen molar-refractivity contribution in [2.24, 2.45) is 5.41 Å². The number of carbonyl (C=O) groups excluding carboxylic acids is 3. The van der Waals surface area contributed by atoms with Crippen LogP contribution in [0.3, 0.4) is 0 Å². The smallest absolute Gasteiger partial charge is 0.330 e. The Morgan fingerprint density at radius 2 is 1.86 bits per heavy atom. The lowest BCUT2D eigenvalue weighted by atomic mass is 9.67. The SMILES string of the molecule is COc1ccc(CCN2C(=O)NC(=O)C3(Cc4c(Cl)cccc4N4CCN(C)CC43)C2=O)cc1OC. The van der Waals surface area contributed by atoms with Gasteiger partial charge in [-0.1, -0.05) is 23.7 Å². The van der Waals surface area contributed by atoms with Crippen LogP contribution in [0.4, 0.5) is 10.5 Å². The number of urea groups is 1. The molecule has 3 aliphatic rings. The Morgan fingerprint density at radius 3 is 2.61 bits per heavy atom. The highest BCUT2D eigenvalue weighted by Crippen LogP contribution is 2.47. The number of hydrogen-bond donors (Lipinski definition) is 1. The van der Waals surface area contributed by atoms with Crippen molar-refractivity contribution in [2.75, 3.05) is 52.3 Å². The maximum Gasteiger partial charge on any atom is 0.330 e. The average Bonchev–Trinajstić information content (AvgIpc) is 2.87. The van der Waals surface area contributed by atoms with Crippen LogP contribution >= 0.6 is 11.6 Å². The summed E-state index contributed by atoms with van der Waals surface area (Å²) >= 11 is 6.58. The Morgan fingerprint density at radius 1 is 1.08 bits per heavy atom. The third-order valence-electron chi connectivity index (χ3n) is 7.58. The fourth-order valence-corrected chi connectivity index (χ4v) is 5.89. The topological polar surface area (TPSA) is 91.4 Å². The summed E-state index contributed by atoms with van der Waals surface area (Å²) in [4.78, 5) is 46.0. The number of hydrogen-bond acceptors (Lipinski definition) is 7. The lowest BCUT2D eigenvalue weighted by Gasteiger charge is -2.55. The Labute approximate surface area is 214 Å². The van der Waals surface area contributed by atoms with Gasteiger partial charge >= 0.3 is 6.03 Å². The van der Waals surface area contributed by atoms with E-state index in [0.29, 0.717) is 36.0 Å². The molecule has 36 heavy (non-hydrogen) atoms. The molecule has 2 aromatic carbocycles. The second-order valence-electron chi connectivity index (χ2n) is 9.51. The van der Waals surface area contributed by atoms with Gasteiger partial charge < -0.3 is 19.3 Å². The van der Waals surface area contributed by atoms with Crippen LogP contribution in [0, 0.1) is 5.41 Å². The van der Waals surface area contributed by atoms with Crippen molar-refractivity contribution in [3.63, 3.8) is 0 Å². The molecular formula is C26H29ClN4O5. The van der Waals surface area contributed by atoms with Crippen molar-refractivity contribution >= 4 is 35.1 Å². The van der Waals surface area contributed by atoms with Crippen molar-refractivity contribution in [3.05, 3.63) is 52.5 Å². The van der Waals surface area contributed by atoms with Crippen LogP contribution in [0.5, 0.6) is 11.5 Å². The van der Waals surface area contributed by atoms with E-state index >= 15 is 0 Å². The number of halogens is 1. The first-order chi connectivity index (χ1) is 17.3. The molecule has 3 aliphatic heterocycles. The second kappa shape index (κ2) is 9.29. The Kier molecular flexibility index (Phi) is 6.30. The van der Waals surface area contributed by atoms with Crippen molar-refractivity contribution in [1.29, 1.82) is 0 Å². The zero-order valence-corrected chi connectivity index (χ0v) is 21.3. The van der Waals surface area contributed by atoms with Gasteiger partial charge in [-0.25, -0.2) is 4.79 Å². The van der Waals surface area contributed by atoms with Gasteiger partial charge in [0.25, 0.3) is 0 Å². The molecule has 2 atom stereocenters. The van der Waals surface area contributed by atoms with Gasteiger partial charge in [-0.2, -0.15) is 0 Å². The summed E-state index contributed by atoms with van der Waals surface area (Å²) in [6.07, 6.45) is 0.539. The van der Waals surface area contributed by atoms with Gasteiger partial charge in [0.05, 0.1) is 20.3 Å². The number of rotatable bonds is 5. The zero-order chi connectivity index (χ0) is 25.6. The van der Waals surface area contributed by atoms with E-state index in [1.165, 1.54) is 4.90 Å². The van der Waals surface area contributed by atoms with Gasteiger partial charge in [-0.15, -0.1) is 0 Å². The number of likely N-dealkylation sites (N-methyl/N-ethyl adjacent to an activating group) is 1. The summed E-state index contributed by atoms with van der Waals surface area (Å²) in [5.74, 6) is 0.121. The molecule has 0 aromatic heterocycles. The number of nitrogens with one attached hydrogen (secondary N) is 1. The minimum absolute atomic E-state index is 0.118. The maximum atomic E-state index is 14.2. The molecule has 2 unspecified atom stereocenters. The number of fused-ring (bicyclic) bond motifs is 4.